The maximum atomic E-state index is 13.1. The highest BCUT2D eigenvalue weighted by molar-refractivity contribution is 7.89. The van der Waals surface area contributed by atoms with Crippen LogP contribution in [0.4, 0.5) is 4.39 Å². The smallest absolute Gasteiger partial charge is 0.243 e. The summed E-state index contributed by atoms with van der Waals surface area (Å²) in [4.78, 5) is 14.7. The van der Waals surface area contributed by atoms with Gasteiger partial charge in [-0.1, -0.05) is 0 Å². The van der Waals surface area contributed by atoms with Crippen LogP contribution < -0.4 is 0 Å². The summed E-state index contributed by atoms with van der Waals surface area (Å²) in [6.07, 6.45) is 2.08. The van der Waals surface area contributed by atoms with Crippen molar-refractivity contribution < 1.29 is 22.3 Å². The third-order valence-electron chi connectivity index (χ3n) is 5.16. The molecule has 8 heteroatoms. The number of ether oxygens (including phenoxy) is 1. The third-order valence-corrected chi connectivity index (χ3v) is 7.02. The number of rotatable bonds is 5. The van der Waals surface area contributed by atoms with Crippen molar-refractivity contribution in [2.45, 2.75) is 24.2 Å². The van der Waals surface area contributed by atoms with E-state index in [-0.39, 0.29) is 17.3 Å². The average molecular weight is 370 g/mol. The lowest BCUT2D eigenvalue weighted by molar-refractivity contribution is -0.146. The fourth-order valence-corrected chi connectivity index (χ4v) is 5.27. The van der Waals surface area contributed by atoms with Crippen LogP contribution in [0.5, 0.6) is 0 Å². The maximum absolute atomic E-state index is 13.1. The number of carbonyl (C=O) groups excluding carboxylic acids is 1. The number of sulfonamides is 1. The molecule has 0 radical (unpaired) electrons. The zero-order chi connectivity index (χ0) is 18.1. The molecule has 0 N–H and O–H groups in total. The van der Waals surface area contributed by atoms with Crippen molar-refractivity contribution in [3.05, 3.63) is 30.1 Å². The number of hydrogen-bond donors (Lipinski definition) is 0. The molecule has 2 heterocycles. The Morgan fingerprint density at radius 3 is 2.60 bits per heavy atom. The number of hydrogen-bond acceptors (Lipinski definition) is 4. The lowest BCUT2D eigenvalue weighted by Gasteiger charge is -2.39. The molecule has 6 nitrogen and oxygen atoms in total. The molecule has 1 spiro atoms. The normalized spacial score (nSPS) is 25.0. The van der Waals surface area contributed by atoms with E-state index in [1.54, 1.807) is 12.0 Å². The van der Waals surface area contributed by atoms with Crippen LogP contribution >= 0.6 is 0 Å². The number of nitrogens with zero attached hydrogens (tertiary/aromatic N) is 2. The molecule has 25 heavy (non-hydrogen) atoms. The second kappa shape index (κ2) is 7.01. The highest BCUT2D eigenvalue weighted by Crippen LogP contribution is 2.41. The number of halogens is 1. The van der Waals surface area contributed by atoms with Crippen LogP contribution in [0.2, 0.25) is 0 Å². The van der Waals surface area contributed by atoms with Crippen LogP contribution in [0.25, 0.3) is 0 Å². The maximum Gasteiger partial charge on any atom is 0.243 e. The molecule has 3 rings (SSSR count). The number of amides is 1. The second-order valence-corrected chi connectivity index (χ2v) is 8.65. The first kappa shape index (κ1) is 18.3. The van der Waals surface area contributed by atoms with Crippen LogP contribution in [0.3, 0.4) is 0 Å². The Labute approximate surface area is 147 Å². The molecule has 2 aliphatic heterocycles. The van der Waals surface area contributed by atoms with E-state index in [0.717, 1.165) is 18.6 Å². The quantitative estimate of drug-likeness (QED) is 0.787. The third kappa shape index (κ3) is 3.43. The van der Waals surface area contributed by atoms with E-state index in [2.05, 4.69) is 0 Å². The SMILES string of the molecule is COCCN1CCCC2(CCN(S(=O)(=O)c3ccc(F)cc3)C2)C1=O. The van der Waals surface area contributed by atoms with Crippen LogP contribution in [-0.4, -0.2) is 63.4 Å². The summed E-state index contributed by atoms with van der Waals surface area (Å²) in [5.74, 6) is -0.458. The second-order valence-electron chi connectivity index (χ2n) is 6.71. The Morgan fingerprint density at radius 2 is 1.92 bits per heavy atom. The lowest BCUT2D eigenvalue weighted by Crippen LogP contribution is -2.51. The number of methoxy groups -OCH3 is 1. The van der Waals surface area contributed by atoms with Crippen molar-refractivity contribution in [3.63, 3.8) is 0 Å². The van der Waals surface area contributed by atoms with Gasteiger partial charge in [-0.05, 0) is 43.5 Å². The molecule has 1 amide bonds. The summed E-state index contributed by atoms with van der Waals surface area (Å²) in [7, 11) is -2.12. The fourth-order valence-electron chi connectivity index (χ4n) is 3.74. The predicted molar refractivity (Wildman–Crippen MR) is 89.9 cm³/mol. The van der Waals surface area contributed by atoms with Gasteiger partial charge in [0.15, 0.2) is 0 Å². The van der Waals surface area contributed by atoms with Gasteiger partial charge in [0.25, 0.3) is 0 Å². The first-order valence-corrected chi connectivity index (χ1v) is 9.87. The van der Waals surface area contributed by atoms with Crippen molar-refractivity contribution in [2.75, 3.05) is 39.9 Å². The molecule has 2 aliphatic rings. The topological polar surface area (TPSA) is 66.9 Å². The Hall–Kier alpha value is -1.51. The van der Waals surface area contributed by atoms with E-state index >= 15 is 0 Å². The number of piperidine rings is 1. The van der Waals surface area contributed by atoms with Crippen molar-refractivity contribution in [1.29, 1.82) is 0 Å². The molecule has 0 saturated carbocycles. The van der Waals surface area contributed by atoms with Crippen LogP contribution in [0.15, 0.2) is 29.2 Å². The highest BCUT2D eigenvalue weighted by Gasteiger charge is 2.50. The Balaban J connectivity index is 1.78. The molecular weight excluding hydrogens is 347 g/mol. The van der Waals surface area contributed by atoms with Gasteiger partial charge in [-0.25, -0.2) is 12.8 Å². The first-order chi connectivity index (χ1) is 11.9. The Bertz CT molecular complexity index is 738. The molecule has 0 bridgehead atoms. The van der Waals surface area contributed by atoms with Gasteiger partial charge in [0.1, 0.15) is 5.82 Å². The summed E-state index contributed by atoms with van der Waals surface area (Å²) in [6.45, 7) is 2.19. The summed E-state index contributed by atoms with van der Waals surface area (Å²) in [6, 6.07) is 4.81. The van der Waals surface area contributed by atoms with E-state index in [1.165, 1.54) is 16.4 Å². The van der Waals surface area contributed by atoms with Gasteiger partial charge in [0.05, 0.1) is 16.9 Å². The minimum absolute atomic E-state index is 0.0209. The molecule has 2 fully saturated rings. The minimum Gasteiger partial charge on any atom is -0.383 e. The molecule has 1 unspecified atom stereocenters. The molecule has 2 saturated heterocycles. The molecule has 0 aromatic heterocycles. The number of carbonyl (C=O) groups is 1. The lowest BCUT2D eigenvalue weighted by atomic mass is 9.78. The van der Waals surface area contributed by atoms with Crippen molar-refractivity contribution in [2.24, 2.45) is 5.41 Å². The molecule has 1 atom stereocenters. The standard InChI is InChI=1S/C17H23FN2O4S/c1-24-12-11-19-9-2-7-17(16(19)21)8-10-20(13-17)25(22,23)15-5-3-14(18)4-6-15/h3-6H,2,7-13H2,1H3. The molecular formula is C17H23FN2O4S. The molecule has 0 aliphatic carbocycles. The summed E-state index contributed by atoms with van der Waals surface area (Å²) >= 11 is 0. The van der Waals surface area contributed by atoms with E-state index in [4.69, 9.17) is 4.74 Å². The summed E-state index contributed by atoms with van der Waals surface area (Å²) in [5, 5.41) is 0. The predicted octanol–water partition coefficient (Wildman–Crippen LogP) is 1.48. The van der Waals surface area contributed by atoms with Crippen LogP contribution in [-0.2, 0) is 19.6 Å². The zero-order valence-corrected chi connectivity index (χ0v) is 15.1. The Kier molecular flexibility index (Phi) is 5.13. The van der Waals surface area contributed by atoms with Gasteiger partial charge >= 0.3 is 0 Å². The van der Waals surface area contributed by atoms with Crippen molar-refractivity contribution in [3.8, 4) is 0 Å². The van der Waals surface area contributed by atoms with Gasteiger partial charge < -0.3 is 9.64 Å². The van der Waals surface area contributed by atoms with Crippen LogP contribution in [0, 0.1) is 11.2 Å². The van der Waals surface area contributed by atoms with Crippen LogP contribution in [0.1, 0.15) is 19.3 Å². The highest BCUT2D eigenvalue weighted by atomic mass is 32.2. The number of benzene rings is 1. The summed E-state index contributed by atoms with van der Waals surface area (Å²) < 4.78 is 45.1. The van der Waals surface area contributed by atoms with Crippen molar-refractivity contribution >= 4 is 15.9 Å². The summed E-state index contributed by atoms with van der Waals surface area (Å²) in [5.41, 5.74) is -0.640. The van der Waals surface area contributed by atoms with Gasteiger partial charge in [-0.15, -0.1) is 0 Å². The van der Waals surface area contributed by atoms with E-state index < -0.39 is 21.3 Å². The molecule has 1 aromatic carbocycles. The van der Waals surface area contributed by atoms with E-state index in [1.807, 2.05) is 0 Å². The monoisotopic (exact) mass is 370 g/mol. The first-order valence-electron chi connectivity index (χ1n) is 8.43. The van der Waals surface area contributed by atoms with E-state index in [9.17, 15) is 17.6 Å². The molecule has 1 aromatic rings. The minimum atomic E-state index is -3.72. The largest absolute Gasteiger partial charge is 0.383 e. The van der Waals surface area contributed by atoms with Gasteiger partial charge in [0, 0.05) is 33.3 Å². The van der Waals surface area contributed by atoms with Gasteiger partial charge in [0.2, 0.25) is 15.9 Å². The van der Waals surface area contributed by atoms with E-state index in [0.29, 0.717) is 39.1 Å². The van der Waals surface area contributed by atoms with Gasteiger partial charge in [-0.2, -0.15) is 4.31 Å². The zero-order valence-electron chi connectivity index (χ0n) is 14.3. The Morgan fingerprint density at radius 1 is 1.20 bits per heavy atom. The fraction of sp³-hybridized carbons (Fsp3) is 0.588. The molecule has 138 valence electrons. The number of likely N-dealkylation sites (tertiary alicyclic amines) is 1. The van der Waals surface area contributed by atoms with Crippen molar-refractivity contribution in [1.82, 2.24) is 9.21 Å². The van der Waals surface area contributed by atoms with Gasteiger partial charge in [-0.3, -0.25) is 4.79 Å². The average Bonchev–Trinajstić information content (AvgIpc) is 3.03.